The summed E-state index contributed by atoms with van der Waals surface area (Å²) in [5.41, 5.74) is 1.56. The number of likely N-dealkylation sites (tertiary alicyclic amines) is 1. The number of hydrogen-bond acceptors (Lipinski definition) is 2. The van der Waals surface area contributed by atoms with Gasteiger partial charge in [-0.3, -0.25) is 4.90 Å². The summed E-state index contributed by atoms with van der Waals surface area (Å²) >= 11 is 0. The molecule has 2 rings (SSSR count). The van der Waals surface area contributed by atoms with Crippen LogP contribution in [0, 0.1) is 6.92 Å². The summed E-state index contributed by atoms with van der Waals surface area (Å²) in [7, 11) is 0. The van der Waals surface area contributed by atoms with Gasteiger partial charge in [-0.2, -0.15) is 0 Å². The minimum Gasteiger partial charge on any atom is -0.406 e. The number of ether oxygens (including phenoxy) is 1. The van der Waals surface area contributed by atoms with Gasteiger partial charge in [0.1, 0.15) is 5.75 Å². The molecule has 0 unspecified atom stereocenters. The molecule has 0 atom stereocenters. The summed E-state index contributed by atoms with van der Waals surface area (Å²) in [4.78, 5) is 2.30. The van der Waals surface area contributed by atoms with Gasteiger partial charge in [-0.15, -0.1) is 19.8 Å². The molecule has 116 valence electrons. The molecule has 21 heavy (non-hydrogen) atoms. The number of hydrogen-bond donors (Lipinski definition) is 0. The van der Waals surface area contributed by atoms with E-state index >= 15 is 0 Å². The standard InChI is InChI=1S/C16H20F3NO/c1-3-9-20-10-7-13(8-11-20)14-5-4-6-15(12(14)2)21-16(17,18)19/h3-6,13H,1,7-11H2,2H3. The van der Waals surface area contributed by atoms with Gasteiger partial charge in [0, 0.05) is 6.54 Å². The summed E-state index contributed by atoms with van der Waals surface area (Å²) in [6.07, 6.45) is -0.867. The Morgan fingerprint density at radius 2 is 2.00 bits per heavy atom. The van der Waals surface area contributed by atoms with Crippen molar-refractivity contribution in [3.05, 3.63) is 42.0 Å². The molecule has 2 nitrogen and oxygen atoms in total. The van der Waals surface area contributed by atoms with Crippen molar-refractivity contribution in [2.24, 2.45) is 0 Å². The smallest absolute Gasteiger partial charge is 0.406 e. The van der Waals surface area contributed by atoms with Gasteiger partial charge in [0.25, 0.3) is 0 Å². The highest BCUT2D eigenvalue weighted by Crippen LogP contribution is 2.35. The van der Waals surface area contributed by atoms with Crippen LogP contribution in [-0.2, 0) is 0 Å². The molecule has 1 fully saturated rings. The molecule has 0 N–H and O–H groups in total. The Labute approximate surface area is 123 Å². The van der Waals surface area contributed by atoms with E-state index in [0.717, 1.165) is 38.0 Å². The van der Waals surface area contributed by atoms with Crippen molar-refractivity contribution in [3.63, 3.8) is 0 Å². The fraction of sp³-hybridized carbons (Fsp3) is 0.500. The molecule has 0 aromatic heterocycles. The summed E-state index contributed by atoms with van der Waals surface area (Å²) in [6.45, 7) is 8.18. The first-order chi connectivity index (χ1) is 9.90. The Balaban J connectivity index is 2.11. The van der Waals surface area contributed by atoms with Gasteiger partial charge in [-0.05, 0) is 56.0 Å². The molecular formula is C16H20F3NO. The van der Waals surface area contributed by atoms with E-state index in [-0.39, 0.29) is 5.75 Å². The Hall–Kier alpha value is -1.49. The van der Waals surface area contributed by atoms with Gasteiger partial charge in [0.2, 0.25) is 0 Å². The molecule has 0 bridgehead atoms. The molecule has 0 aliphatic carbocycles. The Morgan fingerprint density at radius 3 is 2.57 bits per heavy atom. The van der Waals surface area contributed by atoms with Crippen molar-refractivity contribution in [3.8, 4) is 5.75 Å². The molecule has 1 aliphatic rings. The van der Waals surface area contributed by atoms with Crippen molar-refractivity contribution >= 4 is 0 Å². The normalized spacial score (nSPS) is 17.7. The number of alkyl halides is 3. The molecule has 1 saturated heterocycles. The van der Waals surface area contributed by atoms with E-state index in [1.165, 1.54) is 6.07 Å². The van der Waals surface area contributed by atoms with E-state index in [0.29, 0.717) is 11.5 Å². The number of halogens is 3. The van der Waals surface area contributed by atoms with Crippen LogP contribution in [-0.4, -0.2) is 30.9 Å². The van der Waals surface area contributed by atoms with E-state index < -0.39 is 6.36 Å². The molecule has 0 saturated carbocycles. The maximum atomic E-state index is 12.4. The lowest BCUT2D eigenvalue weighted by Gasteiger charge is -2.32. The minimum atomic E-state index is -4.64. The molecule has 1 aromatic carbocycles. The third-order valence-electron chi connectivity index (χ3n) is 3.97. The first-order valence-electron chi connectivity index (χ1n) is 7.09. The maximum absolute atomic E-state index is 12.4. The zero-order valence-corrected chi connectivity index (χ0v) is 12.1. The van der Waals surface area contributed by atoms with Gasteiger partial charge >= 0.3 is 6.36 Å². The van der Waals surface area contributed by atoms with Crippen LogP contribution in [0.4, 0.5) is 13.2 Å². The van der Waals surface area contributed by atoms with Crippen molar-refractivity contribution in [2.75, 3.05) is 19.6 Å². The molecular weight excluding hydrogens is 279 g/mol. The van der Waals surface area contributed by atoms with Gasteiger partial charge in [-0.1, -0.05) is 18.2 Å². The second-order valence-corrected chi connectivity index (χ2v) is 5.38. The lowest BCUT2D eigenvalue weighted by Crippen LogP contribution is -2.33. The number of benzene rings is 1. The third kappa shape index (κ3) is 4.24. The SMILES string of the molecule is C=CCN1CCC(c2cccc(OC(F)(F)F)c2C)CC1. The highest BCUT2D eigenvalue weighted by molar-refractivity contribution is 5.41. The monoisotopic (exact) mass is 299 g/mol. The van der Waals surface area contributed by atoms with Crippen LogP contribution in [0.3, 0.4) is 0 Å². The molecule has 0 radical (unpaired) electrons. The summed E-state index contributed by atoms with van der Waals surface area (Å²) in [6, 6.07) is 4.92. The molecule has 0 spiro atoms. The van der Waals surface area contributed by atoms with Crippen LogP contribution in [0.2, 0.25) is 0 Å². The van der Waals surface area contributed by atoms with Crippen molar-refractivity contribution < 1.29 is 17.9 Å². The van der Waals surface area contributed by atoms with Crippen LogP contribution in [0.15, 0.2) is 30.9 Å². The minimum absolute atomic E-state index is 0.0893. The largest absolute Gasteiger partial charge is 0.573 e. The lowest BCUT2D eigenvalue weighted by atomic mass is 9.86. The van der Waals surface area contributed by atoms with Gasteiger partial charge in [-0.25, -0.2) is 0 Å². The van der Waals surface area contributed by atoms with E-state index in [2.05, 4.69) is 16.2 Å². The Kier molecular flexibility index (Phi) is 4.93. The first-order valence-corrected chi connectivity index (χ1v) is 7.09. The lowest BCUT2D eigenvalue weighted by molar-refractivity contribution is -0.274. The number of piperidine rings is 1. The highest BCUT2D eigenvalue weighted by Gasteiger charge is 2.32. The molecule has 0 amide bonds. The van der Waals surface area contributed by atoms with Gasteiger partial charge in [0.15, 0.2) is 0 Å². The number of nitrogens with zero attached hydrogens (tertiary/aromatic N) is 1. The quantitative estimate of drug-likeness (QED) is 0.770. The molecule has 5 heteroatoms. The maximum Gasteiger partial charge on any atom is 0.573 e. The van der Waals surface area contributed by atoms with Gasteiger partial charge < -0.3 is 4.74 Å². The zero-order chi connectivity index (χ0) is 15.5. The summed E-state index contributed by atoms with van der Waals surface area (Å²) < 4.78 is 41.3. The molecule has 1 heterocycles. The van der Waals surface area contributed by atoms with Crippen LogP contribution in [0.5, 0.6) is 5.75 Å². The molecule has 1 aliphatic heterocycles. The third-order valence-corrected chi connectivity index (χ3v) is 3.97. The van der Waals surface area contributed by atoms with Crippen LogP contribution in [0.25, 0.3) is 0 Å². The Bertz CT molecular complexity index is 491. The van der Waals surface area contributed by atoms with Crippen molar-refractivity contribution in [1.29, 1.82) is 0 Å². The summed E-state index contributed by atoms with van der Waals surface area (Å²) in [5.74, 6) is 0.205. The van der Waals surface area contributed by atoms with E-state index in [9.17, 15) is 13.2 Å². The van der Waals surface area contributed by atoms with E-state index in [1.54, 1.807) is 13.0 Å². The number of rotatable bonds is 4. The van der Waals surface area contributed by atoms with E-state index in [1.807, 2.05) is 12.1 Å². The zero-order valence-electron chi connectivity index (χ0n) is 12.1. The average molecular weight is 299 g/mol. The first kappa shape index (κ1) is 15.9. The topological polar surface area (TPSA) is 12.5 Å². The average Bonchev–Trinajstić information content (AvgIpc) is 2.41. The fourth-order valence-corrected chi connectivity index (χ4v) is 2.92. The second kappa shape index (κ2) is 6.52. The summed E-state index contributed by atoms with van der Waals surface area (Å²) in [5, 5.41) is 0. The molecule has 1 aromatic rings. The van der Waals surface area contributed by atoms with E-state index in [4.69, 9.17) is 0 Å². The Morgan fingerprint density at radius 1 is 1.33 bits per heavy atom. The van der Waals surface area contributed by atoms with Crippen molar-refractivity contribution in [2.45, 2.75) is 32.0 Å². The fourth-order valence-electron chi connectivity index (χ4n) is 2.92. The predicted octanol–water partition coefficient (Wildman–Crippen LogP) is 4.26. The highest BCUT2D eigenvalue weighted by atomic mass is 19.4. The van der Waals surface area contributed by atoms with Crippen molar-refractivity contribution in [1.82, 2.24) is 4.90 Å². The van der Waals surface area contributed by atoms with Gasteiger partial charge in [0.05, 0.1) is 0 Å². The van der Waals surface area contributed by atoms with Crippen LogP contribution < -0.4 is 4.74 Å². The van der Waals surface area contributed by atoms with Crippen LogP contribution in [0.1, 0.15) is 29.9 Å². The predicted molar refractivity (Wildman–Crippen MR) is 76.5 cm³/mol. The van der Waals surface area contributed by atoms with Crippen LogP contribution >= 0.6 is 0 Å². The second-order valence-electron chi connectivity index (χ2n) is 5.38.